The number of aromatic nitrogens is 2. The van der Waals surface area contributed by atoms with Gasteiger partial charge in [-0.3, -0.25) is 0 Å². The van der Waals surface area contributed by atoms with E-state index in [4.69, 9.17) is 9.15 Å². The van der Waals surface area contributed by atoms with E-state index < -0.39 is 0 Å². The number of rotatable bonds is 1. The minimum absolute atomic E-state index is 0.594. The first-order chi connectivity index (χ1) is 10.6. The zero-order chi connectivity index (χ0) is 15.3. The molecule has 0 bridgehead atoms. The van der Waals surface area contributed by atoms with E-state index in [-0.39, 0.29) is 0 Å². The summed E-state index contributed by atoms with van der Waals surface area (Å²) >= 11 is 0. The van der Waals surface area contributed by atoms with E-state index in [9.17, 15) is 0 Å². The molecular weight excluding hydrogens is 278 g/mol. The van der Waals surface area contributed by atoms with Crippen LogP contribution in [-0.4, -0.2) is 30.7 Å². The van der Waals surface area contributed by atoms with E-state index in [1.807, 2.05) is 50.2 Å². The van der Waals surface area contributed by atoms with Crippen LogP contribution < -0.4 is 9.64 Å². The monoisotopic (exact) mass is 295 g/mol. The zero-order valence-corrected chi connectivity index (χ0v) is 12.9. The van der Waals surface area contributed by atoms with Crippen LogP contribution in [0.3, 0.4) is 0 Å². The Morgan fingerprint density at radius 1 is 1.14 bits per heavy atom. The molecule has 3 heterocycles. The van der Waals surface area contributed by atoms with Crippen LogP contribution in [0.4, 0.5) is 5.82 Å². The van der Waals surface area contributed by atoms with Gasteiger partial charge in [0.2, 0.25) is 0 Å². The van der Waals surface area contributed by atoms with E-state index in [2.05, 4.69) is 9.97 Å². The normalized spacial score (nSPS) is 13.2. The van der Waals surface area contributed by atoms with Crippen molar-refractivity contribution in [2.75, 3.05) is 25.6 Å². The van der Waals surface area contributed by atoms with Gasteiger partial charge < -0.3 is 14.1 Å². The lowest BCUT2D eigenvalue weighted by Crippen LogP contribution is -2.16. The molecule has 2 aromatic heterocycles. The van der Waals surface area contributed by atoms with Crippen LogP contribution in [0.5, 0.6) is 5.75 Å². The fourth-order valence-corrected chi connectivity index (χ4v) is 2.95. The Labute approximate surface area is 128 Å². The molecule has 1 aliphatic heterocycles. The molecule has 5 nitrogen and oxygen atoms in total. The second-order valence-electron chi connectivity index (χ2n) is 5.67. The van der Waals surface area contributed by atoms with Gasteiger partial charge in [-0.15, -0.1) is 0 Å². The van der Waals surface area contributed by atoms with Crippen molar-refractivity contribution in [3.8, 4) is 17.2 Å². The molecule has 0 radical (unpaired) electrons. The van der Waals surface area contributed by atoms with Crippen LogP contribution in [0, 0.1) is 6.92 Å². The van der Waals surface area contributed by atoms with Gasteiger partial charge in [0.1, 0.15) is 22.9 Å². The van der Waals surface area contributed by atoms with Crippen molar-refractivity contribution in [2.24, 2.45) is 0 Å². The van der Waals surface area contributed by atoms with Crippen LogP contribution >= 0.6 is 0 Å². The molecule has 0 fully saturated rings. The van der Waals surface area contributed by atoms with Crippen molar-refractivity contribution in [1.29, 1.82) is 0 Å². The summed E-state index contributed by atoms with van der Waals surface area (Å²) in [6.07, 6.45) is 0.766. The molecule has 112 valence electrons. The van der Waals surface area contributed by atoms with Gasteiger partial charge in [0, 0.05) is 26.1 Å². The van der Waals surface area contributed by atoms with E-state index in [1.54, 1.807) is 0 Å². The van der Waals surface area contributed by atoms with Gasteiger partial charge >= 0.3 is 0 Å². The Kier molecular flexibility index (Phi) is 2.82. The highest BCUT2D eigenvalue weighted by Gasteiger charge is 2.27. The third kappa shape index (κ3) is 1.85. The molecule has 5 heteroatoms. The summed E-state index contributed by atoms with van der Waals surface area (Å²) in [5.41, 5.74) is 2.75. The molecule has 0 atom stereocenters. The summed E-state index contributed by atoms with van der Waals surface area (Å²) in [4.78, 5) is 11.2. The Morgan fingerprint density at radius 3 is 2.77 bits per heavy atom. The summed E-state index contributed by atoms with van der Waals surface area (Å²) in [7, 11) is 3.99. The number of ether oxygens (including phenoxy) is 1. The highest BCUT2D eigenvalue weighted by Crippen LogP contribution is 2.43. The number of nitrogens with zero attached hydrogens (tertiary/aromatic N) is 3. The number of anilines is 1. The topological polar surface area (TPSA) is 51.4 Å². The van der Waals surface area contributed by atoms with Gasteiger partial charge in [-0.25, -0.2) is 9.97 Å². The lowest BCUT2D eigenvalue weighted by atomic mass is 10.1. The van der Waals surface area contributed by atoms with Crippen molar-refractivity contribution in [3.05, 3.63) is 35.7 Å². The Hall–Kier alpha value is -2.56. The smallest absolute Gasteiger partial charge is 0.196 e. The minimum Gasteiger partial charge on any atom is -0.488 e. The SMILES string of the molecule is Cc1nc2c(c(N(C)C)n1)CCOc1c-2oc2ccccc12. The molecule has 0 amide bonds. The number of furan rings is 1. The van der Waals surface area contributed by atoms with E-state index in [0.29, 0.717) is 12.4 Å². The maximum Gasteiger partial charge on any atom is 0.196 e. The average molecular weight is 295 g/mol. The number of hydrogen-bond acceptors (Lipinski definition) is 5. The van der Waals surface area contributed by atoms with Crippen molar-refractivity contribution in [1.82, 2.24) is 9.97 Å². The van der Waals surface area contributed by atoms with Gasteiger partial charge in [-0.05, 0) is 19.1 Å². The van der Waals surface area contributed by atoms with Gasteiger partial charge in [0.25, 0.3) is 0 Å². The molecular formula is C17H17N3O2. The molecule has 0 saturated heterocycles. The number of fused-ring (bicyclic) bond motifs is 5. The number of para-hydroxylation sites is 1. The summed E-state index contributed by atoms with van der Waals surface area (Å²) in [5, 5.41) is 0.994. The number of aryl methyl sites for hydroxylation is 1. The molecule has 0 aliphatic carbocycles. The first-order valence-electron chi connectivity index (χ1n) is 7.34. The Balaban J connectivity index is 2.06. The van der Waals surface area contributed by atoms with Crippen molar-refractivity contribution < 1.29 is 9.15 Å². The summed E-state index contributed by atoms with van der Waals surface area (Å²) in [6, 6.07) is 7.92. The third-order valence-electron chi connectivity index (χ3n) is 3.88. The summed E-state index contributed by atoms with van der Waals surface area (Å²) < 4.78 is 12.0. The average Bonchev–Trinajstić information content (AvgIpc) is 2.77. The van der Waals surface area contributed by atoms with E-state index in [1.165, 1.54) is 0 Å². The summed E-state index contributed by atoms with van der Waals surface area (Å²) in [6.45, 7) is 2.50. The van der Waals surface area contributed by atoms with Crippen LogP contribution in [-0.2, 0) is 6.42 Å². The fourth-order valence-electron chi connectivity index (χ4n) is 2.95. The third-order valence-corrected chi connectivity index (χ3v) is 3.88. The molecule has 0 unspecified atom stereocenters. The fraction of sp³-hybridized carbons (Fsp3) is 0.294. The zero-order valence-electron chi connectivity index (χ0n) is 12.9. The van der Waals surface area contributed by atoms with Crippen LogP contribution in [0.15, 0.2) is 28.7 Å². The van der Waals surface area contributed by atoms with Gasteiger partial charge in [-0.1, -0.05) is 12.1 Å². The van der Waals surface area contributed by atoms with Crippen molar-refractivity contribution in [2.45, 2.75) is 13.3 Å². The molecule has 3 aromatic rings. The quantitative estimate of drug-likeness (QED) is 0.690. The first kappa shape index (κ1) is 13.1. The highest BCUT2D eigenvalue weighted by molar-refractivity contribution is 5.92. The lowest BCUT2D eigenvalue weighted by Gasteiger charge is -2.17. The molecule has 1 aliphatic rings. The number of benzene rings is 1. The van der Waals surface area contributed by atoms with Crippen LogP contribution in [0.1, 0.15) is 11.4 Å². The number of hydrogen-bond donors (Lipinski definition) is 0. The molecule has 0 N–H and O–H groups in total. The standard InChI is InChI=1S/C17H17N3O2/c1-10-18-14-12(17(19-10)20(2)3)8-9-21-15-11-6-4-5-7-13(11)22-16(14)15/h4-7H,8-9H2,1-3H3. The molecule has 0 spiro atoms. The Morgan fingerprint density at radius 2 is 1.95 bits per heavy atom. The van der Waals surface area contributed by atoms with Gasteiger partial charge in [0.15, 0.2) is 11.5 Å². The lowest BCUT2D eigenvalue weighted by molar-refractivity contribution is 0.327. The van der Waals surface area contributed by atoms with Gasteiger partial charge in [0.05, 0.1) is 12.0 Å². The second-order valence-corrected chi connectivity index (χ2v) is 5.67. The molecule has 1 aromatic carbocycles. The minimum atomic E-state index is 0.594. The molecule has 0 saturated carbocycles. The first-order valence-corrected chi connectivity index (χ1v) is 7.34. The summed E-state index contributed by atoms with van der Waals surface area (Å²) in [5.74, 6) is 3.16. The predicted molar refractivity (Wildman–Crippen MR) is 85.5 cm³/mol. The van der Waals surface area contributed by atoms with E-state index >= 15 is 0 Å². The molecule has 22 heavy (non-hydrogen) atoms. The van der Waals surface area contributed by atoms with Crippen LogP contribution in [0.2, 0.25) is 0 Å². The van der Waals surface area contributed by atoms with Gasteiger partial charge in [-0.2, -0.15) is 0 Å². The maximum absolute atomic E-state index is 6.05. The molecule has 4 rings (SSSR count). The Bertz CT molecular complexity index is 868. The second kappa shape index (κ2) is 4.73. The largest absolute Gasteiger partial charge is 0.488 e. The van der Waals surface area contributed by atoms with Crippen molar-refractivity contribution in [3.63, 3.8) is 0 Å². The van der Waals surface area contributed by atoms with Crippen LogP contribution in [0.25, 0.3) is 22.4 Å². The predicted octanol–water partition coefficient (Wildman–Crippen LogP) is 3.20. The van der Waals surface area contributed by atoms with Crippen molar-refractivity contribution >= 4 is 16.8 Å². The van der Waals surface area contributed by atoms with E-state index in [0.717, 1.165) is 46.0 Å². The highest BCUT2D eigenvalue weighted by atomic mass is 16.5. The maximum atomic E-state index is 6.05.